The lowest BCUT2D eigenvalue weighted by atomic mass is 10.2. The Morgan fingerprint density at radius 2 is 2.15 bits per heavy atom. The summed E-state index contributed by atoms with van der Waals surface area (Å²) in [5.41, 5.74) is 3.89. The van der Waals surface area contributed by atoms with Crippen LogP contribution in [0.15, 0.2) is 11.6 Å². The summed E-state index contributed by atoms with van der Waals surface area (Å²) in [6.45, 7) is 5.85. The molecule has 4 nitrogen and oxygen atoms in total. The van der Waals surface area contributed by atoms with E-state index in [1.807, 2.05) is 19.9 Å². The normalized spacial score (nSPS) is 12.6. The predicted molar refractivity (Wildman–Crippen MR) is 53.2 cm³/mol. The van der Waals surface area contributed by atoms with E-state index in [0.717, 1.165) is 0 Å². The van der Waals surface area contributed by atoms with E-state index in [9.17, 15) is 0 Å². The first-order chi connectivity index (χ1) is 6.20. The quantitative estimate of drug-likeness (QED) is 0.263. The number of hydrogen-bond donors (Lipinski definition) is 2. The second kappa shape index (κ2) is 8.19. The number of rotatable bonds is 7. The first-order valence-corrected chi connectivity index (χ1v) is 4.38. The van der Waals surface area contributed by atoms with Crippen LogP contribution in [0.5, 0.6) is 0 Å². The highest BCUT2D eigenvalue weighted by Gasteiger charge is 2.01. The number of methoxy groups -OCH3 is 1. The van der Waals surface area contributed by atoms with E-state index >= 15 is 0 Å². The minimum atomic E-state index is 0.0851. The fourth-order valence-corrected chi connectivity index (χ4v) is 0.899. The highest BCUT2D eigenvalue weighted by Crippen LogP contribution is 1.94. The number of nitrogens with one attached hydrogen (secondary N) is 1. The molecule has 0 fully saturated rings. The van der Waals surface area contributed by atoms with Gasteiger partial charge in [0.2, 0.25) is 0 Å². The van der Waals surface area contributed by atoms with E-state index in [2.05, 4.69) is 5.43 Å². The van der Waals surface area contributed by atoms with Gasteiger partial charge in [0.1, 0.15) is 0 Å². The monoisotopic (exact) mass is 188 g/mol. The summed E-state index contributed by atoms with van der Waals surface area (Å²) in [4.78, 5) is 0. The SMILES string of the molecule is COCCOCC(C=C(C)C)NN. The van der Waals surface area contributed by atoms with Gasteiger partial charge in [0, 0.05) is 7.11 Å². The summed E-state index contributed by atoms with van der Waals surface area (Å²) in [7, 11) is 1.65. The van der Waals surface area contributed by atoms with Crippen molar-refractivity contribution in [2.24, 2.45) is 5.84 Å². The Balaban J connectivity index is 3.54. The van der Waals surface area contributed by atoms with Gasteiger partial charge in [-0.15, -0.1) is 0 Å². The summed E-state index contributed by atoms with van der Waals surface area (Å²) >= 11 is 0. The van der Waals surface area contributed by atoms with E-state index in [4.69, 9.17) is 15.3 Å². The van der Waals surface area contributed by atoms with Crippen molar-refractivity contribution in [3.63, 3.8) is 0 Å². The van der Waals surface area contributed by atoms with Gasteiger partial charge < -0.3 is 9.47 Å². The molecule has 0 rings (SSSR count). The van der Waals surface area contributed by atoms with Crippen LogP contribution >= 0.6 is 0 Å². The first-order valence-electron chi connectivity index (χ1n) is 4.38. The summed E-state index contributed by atoms with van der Waals surface area (Å²) in [5, 5.41) is 0. The molecule has 0 aromatic heterocycles. The molecule has 13 heavy (non-hydrogen) atoms. The molecule has 0 saturated carbocycles. The molecule has 1 unspecified atom stereocenters. The Labute approximate surface area is 80.1 Å². The van der Waals surface area contributed by atoms with Crippen LogP contribution in [0.4, 0.5) is 0 Å². The van der Waals surface area contributed by atoms with Crippen LogP contribution in [0.1, 0.15) is 13.8 Å². The predicted octanol–water partition coefficient (Wildman–Crippen LogP) is 0.448. The smallest absolute Gasteiger partial charge is 0.0701 e. The third-order valence-electron chi connectivity index (χ3n) is 1.48. The van der Waals surface area contributed by atoms with Crippen LogP contribution in [-0.4, -0.2) is 33.0 Å². The van der Waals surface area contributed by atoms with Gasteiger partial charge in [-0.1, -0.05) is 11.6 Å². The highest BCUT2D eigenvalue weighted by atomic mass is 16.5. The van der Waals surface area contributed by atoms with Crippen molar-refractivity contribution in [3.05, 3.63) is 11.6 Å². The molecule has 3 N–H and O–H groups in total. The Morgan fingerprint density at radius 3 is 2.62 bits per heavy atom. The topological polar surface area (TPSA) is 56.5 Å². The van der Waals surface area contributed by atoms with E-state index in [1.54, 1.807) is 7.11 Å². The van der Waals surface area contributed by atoms with E-state index in [1.165, 1.54) is 5.57 Å². The lowest BCUT2D eigenvalue weighted by Crippen LogP contribution is -2.37. The average molecular weight is 188 g/mol. The van der Waals surface area contributed by atoms with Crippen molar-refractivity contribution in [1.82, 2.24) is 5.43 Å². The molecule has 4 heteroatoms. The van der Waals surface area contributed by atoms with Crippen LogP contribution in [0.25, 0.3) is 0 Å². The second-order valence-corrected chi connectivity index (χ2v) is 3.08. The maximum absolute atomic E-state index is 5.33. The minimum absolute atomic E-state index is 0.0851. The standard InChI is InChI=1S/C9H20N2O2/c1-8(2)6-9(11-10)7-13-5-4-12-3/h6,9,11H,4-5,7,10H2,1-3H3. The van der Waals surface area contributed by atoms with Crippen molar-refractivity contribution in [3.8, 4) is 0 Å². The Kier molecular flexibility index (Phi) is 7.93. The summed E-state index contributed by atoms with van der Waals surface area (Å²) in [6, 6.07) is 0.0851. The number of hydrogen-bond acceptors (Lipinski definition) is 4. The fraction of sp³-hybridized carbons (Fsp3) is 0.778. The van der Waals surface area contributed by atoms with Crippen molar-refractivity contribution in [2.75, 3.05) is 26.9 Å². The molecule has 0 bridgehead atoms. The van der Waals surface area contributed by atoms with Crippen LogP contribution in [0, 0.1) is 0 Å². The molecule has 0 aliphatic rings. The molecule has 0 heterocycles. The maximum atomic E-state index is 5.33. The zero-order chi connectivity index (χ0) is 10.1. The molecular weight excluding hydrogens is 168 g/mol. The first kappa shape index (κ1) is 12.6. The molecule has 78 valence electrons. The molecule has 0 aromatic rings. The zero-order valence-electron chi connectivity index (χ0n) is 8.67. The molecule has 0 radical (unpaired) electrons. The van der Waals surface area contributed by atoms with Gasteiger partial charge >= 0.3 is 0 Å². The van der Waals surface area contributed by atoms with E-state index < -0.39 is 0 Å². The molecule has 0 aliphatic carbocycles. The number of ether oxygens (including phenoxy) is 2. The van der Waals surface area contributed by atoms with Crippen molar-refractivity contribution >= 4 is 0 Å². The van der Waals surface area contributed by atoms with Crippen LogP contribution in [0.2, 0.25) is 0 Å². The van der Waals surface area contributed by atoms with Gasteiger partial charge in [0.05, 0.1) is 25.9 Å². The van der Waals surface area contributed by atoms with E-state index in [-0.39, 0.29) is 6.04 Å². The average Bonchev–Trinajstić information content (AvgIpc) is 2.09. The molecule has 1 atom stereocenters. The number of allylic oxidation sites excluding steroid dienone is 1. The Hall–Kier alpha value is -0.420. The van der Waals surface area contributed by atoms with Gasteiger partial charge in [0.15, 0.2) is 0 Å². The zero-order valence-corrected chi connectivity index (χ0v) is 8.67. The molecule has 0 saturated heterocycles. The van der Waals surface area contributed by atoms with Gasteiger partial charge in [0.25, 0.3) is 0 Å². The third-order valence-corrected chi connectivity index (χ3v) is 1.48. The van der Waals surface area contributed by atoms with Crippen LogP contribution < -0.4 is 11.3 Å². The molecule has 0 aliphatic heterocycles. The fourth-order valence-electron chi connectivity index (χ4n) is 0.899. The maximum Gasteiger partial charge on any atom is 0.0701 e. The van der Waals surface area contributed by atoms with Gasteiger partial charge in [-0.05, 0) is 13.8 Å². The second-order valence-electron chi connectivity index (χ2n) is 3.08. The number of hydrazine groups is 1. The highest BCUT2D eigenvalue weighted by molar-refractivity contribution is 5.00. The lowest BCUT2D eigenvalue weighted by Gasteiger charge is -2.12. The largest absolute Gasteiger partial charge is 0.382 e. The number of nitrogens with two attached hydrogens (primary N) is 1. The summed E-state index contributed by atoms with van der Waals surface area (Å²) in [5.74, 6) is 5.33. The van der Waals surface area contributed by atoms with Crippen LogP contribution in [0.3, 0.4) is 0 Å². The molecule has 0 amide bonds. The van der Waals surface area contributed by atoms with Gasteiger partial charge in [-0.3, -0.25) is 11.3 Å². The van der Waals surface area contributed by atoms with Crippen LogP contribution in [-0.2, 0) is 9.47 Å². The molecular formula is C9H20N2O2. The van der Waals surface area contributed by atoms with Gasteiger partial charge in [-0.25, -0.2) is 0 Å². The van der Waals surface area contributed by atoms with Crippen molar-refractivity contribution in [2.45, 2.75) is 19.9 Å². The molecule has 0 aromatic carbocycles. The Morgan fingerprint density at radius 1 is 1.46 bits per heavy atom. The molecule has 0 spiro atoms. The Bertz CT molecular complexity index is 145. The lowest BCUT2D eigenvalue weighted by molar-refractivity contribution is 0.0643. The summed E-state index contributed by atoms with van der Waals surface area (Å²) < 4.78 is 10.2. The minimum Gasteiger partial charge on any atom is -0.382 e. The third kappa shape index (κ3) is 7.93. The van der Waals surface area contributed by atoms with Crippen molar-refractivity contribution in [1.29, 1.82) is 0 Å². The summed E-state index contributed by atoms with van der Waals surface area (Å²) in [6.07, 6.45) is 2.03. The van der Waals surface area contributed by atoms with Gasteiger partial charge in [-0.2, -0.15) is 0 Å². The van der Waals surface area contributed by atoms with Crippen molar-refractivity contribution < 1.29 is 9.47 Å². The van der Waals surface area contributed by atoms with E-state index in [0.29, 0.717) is 19.8 Å².